The molecule has 1 heterocycles. The largest absolute Gasteiger partial charge is 0.337 e. The molecule has 0 N–H and O–H groups in total. The van der Waals surface area contributed by atoms with E-state index in [0.29, 0.717) is 5.82 Å². The number of hydrogen-bond acceptors (Lipinski definition) is 6. The van der Waals surface area contributed by atoms with Crippen molar-refractivity contribution in [1.29, 1.82) is 0 Å². The summed E-state index contributed by atoms with van der Waals surface area (Å²) >= 11 is 0. The third-order valence-corrected chi connectivity index (χ3v) is 5.82. The Labute approximate surface area is 180 Å². The normalized spacial score (nSPS) is 12.4. The SMILES string of the molecule is CCC(C(=O)N(C)Cc1nc(-c2ccccc2)no1)N(c1ccccc1F)S(C)(=O)=O. The molecule has 1 amide bonds. The van der Waals surface area contributed by atoms with Gasteiger partial charge in [-0.3, -0.25) is 9.10 Å². The molecule has 1 atom stereocenters. The van der Waals surface area contributed by atoms with Gasteiger partial charge >= 0.3 is 0 Å². The van der Waals surface area contributed by atoms with Gasteiger partial charge in [0.1, 0.15) is 11.9 Å². The van der Waals surface area contributed by atoms with Gasteiger partial charge in [0.25, 0.3) is 0 Å². The van der Waals surface area contributed by atoms with Crippen molar-refractivity contribution in [3.8, 4) is 11.4 Å². The predicted octanol–water partition coefficient (Wildman–Crippen LogP) is 3.08. The number of anilines is 1. The third-order valence-electron chi connectivity index (χ3n) is 4.65. The quantitative estimate of drug-likeness (QED) is 0.528. The Balaban J connectivity index is 1.83. The summed E-state index contributed by atoms with van der Waals surface area (Å²) in [5.74, 6) is -0.671. The van der Waals surface area contributed by atoms with Crippen LogP contribution in [-0.2, 0) is 21.4 Å². The molecule has 1 aromatic heterocycles. The molecule has 10 heteroatoms. The number of aromatic nitrogens is 2. The fraction of sp³-hybridized carbons (Fsp3) is 0.286. The number of likely N-dealkylation sites (N-methyl/N-ethyl adjacent to an activating group) is 1. The number of para-hydroxylation sites is 1. The van der Waals surface area contributed by atoms with Crippen molar-refractivity contribution in [3.63, 3.8) is 0 Å². The van der Waals surface area contributed by atoms with Crippen molar-refractivity contribution in [3.05, 3.63) is 66.3 Å². The second kappa shape index (κ2) is 9.25. The lowest BCUT2D eigenvalue weighted by Crippen LogP contribution is -2.49. The number of benzene rings is 2. The van der Waals surface area contributed by atoms with E-state index in [1.165, 1.54) is 30.1 Å². The summed E-state index contributed by atoms with van der Waals surface area (Å²) in [4.78, 5) is 18.7. The first-order valence-electron chi connectivity index (χ1n) is 9.59. The van der Waals surface area contributed by atoms with E-state index in [1.54, 1.807) is 6.92 Å². The molecule has 164 valence electrons. The number of hydrogen-bond donors (Lipinski definition) is 0. The summed E-state index contributed by atoms with van der Waals surface area (Å²) in [7, 11) is -2.44. The van der Waals surface area contributed by atoms with Gasteiger partial charge in [0.2, 0.25) is 27.6 Å². The zero-order valence-electron chi connectivity index (χ0n) is 17.4. The maximum atomic E-state index is 14.4. The lowest BCUT2D eigenvalue weighted by Gasteiger charge is -2.32. The molecule has 0 bridgehead atoms. The Kier molecular flexibility index (Phi) is 6.69. The molecule has 0 radical (unpaired) electrons. The number of carbonyl (C=O) groups excluding carboxylic acids is 1. The molecule has 3 aromatic rings. The minimum Gasteiger partial charge on any atom is -0.337 e. The van der Waals surface area contributed by atoms with Crippen LogP contribution in [0.1, 0.15) is 19.2 Å². The Morgan fingerprint density at radius 3 is 2.39 bits per heavy atom. The Morgan fingerprint density at radius 1 is 1.13 bits per heavy atom. The van der Waals surface area contributed by atoms with Gasteiger partial charge in [-0.25, -0.2) is 12.8 Å². The second-order valence-electron chi connectivity index (χ2n) is 7.01. The molecular formula is C21H23FN4O4S. The van der Waals surface area contributed by atoms with Crippen molar-refractivity contribution in [2.75, 3.05) is 17.6 Å². The first-order valence-corrected chi connectivity index (χ1v) is 11.4. The van der Waals surface area contributed by atoms with Gasteiger partial charge in [0.15, 0.2) is 0 Å². The average molecular weight is 447 g/mol. The second-order valence-corrected chi connectivity index (χ2v) is 8.87. The van der Waals surface area contributed by atoms with Crippen molar-refractivity contribution < 1.29 is 22.1 Å². The number of halogens is 1. The van der Waals surface area contributed by atoms with Crippen LogP contribution < -0.4 is 4.31 Å². The fourth-order valence-corrected chi connectivity index (χ4v) is 4.41. The van der Waals surface area contributed by atoms with E-state index in [0.717, 1.165) is 22.2 Å². The van der Waals surface area contributed by atoms with E-state index >= 15 is 0 Å². The number of rotatable bonds is 8. The molecule has 0 saturated carbocycles. The standard InChI is InChI=1S/C21H23FN4O4S/c1-4-17(26(31(3,28)29)18-13-9-8-12-16(18)22)21(27)25(2)14-19-23-20(24-30-19)15-10-6-5-7-11-15/h5-13,17H,4,14H2,1-3H3. The highest BCUT2D eigenvalue weighted by Gasteiger charge is 2.35. The first kappa shape index (κ1) is 22.4. The van der Waals surface area contributed by atoms with Crippen LogP contribution in [0.5, 0.6) is 0 Å². The van der Waals surface area contributed by atoms with E-state index in [-0.39, 0.29) is 24.5 Å². The van der Waals surface area contributed by atoms with E-state index in [1.807, 2.05) is 30.3 Å². The van der Waals surface area contributed by atoms with E-state index in [4.69, 9.17) is 4.52 Å². The minimum atomic E-state index is -3.94. The number of carbonyl (C=O) groups is 1. The van der Waals surface area contributed by atoms with Crippen LogP contribution in [0.15, 0.2) is 59.1 Å². The van der Waals surface area contributed by atoms with Gasteiger partial charge in [-0.15, -0.1) is 0 Å². The maximum Gasteiger partial charge on any atom is 0.246 e. The van der Waals surface area contributed by atoms with Gasteiger partial charge in [-0.2, -0.15) is 4.98 Å². The summed E-state index contributed by atoms with van der Waals surface area (Å²) in [6.07, 6.45) is 1.09. The highest BCUT2D eigenvalue weighted by Crippen LogP contribution is 2.26. The molecule has 2 aromatic carbocycles. The molecule has 0 fully saturated rings. The molecule has 0 spiro atoms. The summed E-state index contributed by atoms with van der Waals surface area (Å²) in [6, 6.07) is 13.5. The van der Waals surface area contributed by atoms with Crippen molar-refractivity contribution in [1.82, 2.24) is 15.0 Å². The van der Waals surface area contributed by atoms with E-state index < -0.39 is 27.8 Å². The van der Waals surface area contributed by atoms with Gasteiger partial charge in [-0.05, 0) is 18.6 Å². The zero-order chi connectivity index (χ0) is 22.6. The topological polar surface area (TPSA) is 96.6 Å². The predicted molar refractivity (Wildman–Crippen MR) is 114 cm³/mol. The summed E-state index contributed by atoms with van der Waals surface area (Å²) in [5, 5.41) is 3.92. The fourth-order valence-electron chi connectivity index (χ4n) is 3.21. The average Bonchev–Trinajstić information content (AvgIpc) is 3.20. The molecule has 0 aliphatic heterocycles. The van der Waals surface area contributed by atoms with Crippen LogP contribution in [0, 0.1) is 5.82 Å². The molecule has 0 saturated heterocycles. The number of sulfonamides is 1. The third kappa shape index (κ3) is 5.08. The molecule has 31 heavy (non-hydrogen) atoms. The molecule has 0 aliphatic rings. The van der Waals surface area contributed by atoms with E-state index in [9.17, 15) is 17.6 Å². The Morgan fingerprint density at radius 2 is 1.77 bits per heavy atom. The van der Waals surface area contributed by atoms with Crippen LogP contribution in [0.2, 0.25) is 0 Å². The lowest BCUT2D eigenvalue weighted by molar-refractivity contribution is -0.132. The maximum absolute atomic E-state index is 14.4. The van der Waals surface area contributed by atoms with Crippen LogP contribution in [-0.4, -0.2) is 48.7 Å². The van der Waals surface area contributed by atoms with Gasteiger partial charge in [0.05, 0.1) is 18.5 Å². The zero-order valence-corrected chi connectivity index (χ0v) is 18.2. The van der Waals surface area contributed by atoms with Gasteiger partial charge < -0.3 is 9.42 Å². The lowest BCUT2D eigenvalue weighted by atomic mass is 10.1. The molecule has 0 aliphatic carbocycles. The summed E-state index contributed by atoms with van der Waals surface area (Å²) in [5.41, 5.74) is 0.587. The van der Waals surface area contributed by atoms with Crippen molar-refractivity contribution in [2.45, 2.75) is 25.9 Å². The van der Waals surface area contributed by atoms with Gasteiger partial charge in [-0.1, -0.05) is 54.5 Å². The summed E-state index contributed by atoms with van der Waals surface area (Å²) < 4.78 is 45.4. The van der Waals surface area contributed by atoms with Crippen molar-refractivity contribution in [2.24, 2.45) is 0 Å². The molecule has 1 unspecified atom stereocenters. The monoisotopic (exact) mass is 446 g/mol. The van der Waals surface area contributed by atoms with Crippen LogP contribution in [0.25, 0.3) is 11.4 Å². The van der Waals surface area contributed by atoms with Crippen molar-refractivity contribution >= 4 is 21.6 Å². The van der Waals surface area contributed by atoms with Gasteiger partial charge in [0, 0.05) is 12.6 Å². The summed E-state index contributed by atoms with van der Waals surface area (Å²) in [6.45, 7) is 1.64. The molecule has 8 nitrogen and oxygen atoms in total. The number of amides is 1. The van der Waals surface area contributed by atoms with Crippen LogP contribution in [0.3, 0.4) is 0 Å². The van der Waals surface area contributed by atoms with Crippen LogP contribution in [0.4, 0.5) is 10.1 Å². The smallest absolute Gasteiger partial charge is 0.246 e. The molecular weight excluding hydrogens is 423 g/mol. The number of nitrogens with zero attached hydrogens (tertiary/aromatic N) is 4. The van der Waals surface area contributed by atoms with E-state index in [2.05, 4.69) is 10.1 Å². The Bertz CT molecular complexity index is 1150. The minimum absolute atomic E-state index is 0.0238. The highest BCUT2D eigenvalue weighted by atomic mass is 32.2. The highest BCUT2D eigenvalue weighted by molar-refractivity contribution is 7.92. The first-order chi connectivity index (χ1) is 14.7. The Hall–Kier alpha value is -3.27. The molecule has 3 rings (SSSR count). The van der Waals surface area contributed by atoms with Crippen LogP contribution >= 0.6 is 0 Å².